The van der Waals surface area contributed by atoms with E-state index in [0.29, 0.717) is 0 Å². The monoisotopic (exact) mass is 161 g/mol. The number of hydrogen-bond donors (Lipinski definition) is 1. The molecular formula is C6H5ClFNO. The van der Waals surface area contributed by atoms with Gasteiger partial charge in [-0.2, -0.15) is 0 Å². The maximum Gasteiger partial charge on any atom is 0.172 e. The zero-order chi connectivity index (χ0) is 7.56. The molecule has 0 bridgehead atoms. The summed E-state index contributed by atoms with van der Waals surface area (Å²) in [6.07, 6.45) is 2.31. The molecule has 10 heavy (non-hydrogen) atoms. The van der Waals surface area contributed by atoms with Crippen LogP contribution in [-0.2, 0) is 5.88 Å². The van der Waals surface area contributed by atoms with Crippen molar-refractivity contribution in [1.29, 1.82) is 0 Å². The molecule has 0 aliphatic heterocycles. The van der Waals surface area contributed by atoms with Crippen molar-refractivity contribution in [3.05, 3.63) is 23.8 Å². The summed E-state index contributed by atoms with van der Waals surface area (Å²) in [5, 5.41) is 8.74. The molecular weight excluding hydrogens is 157 g/mol. The number of aromatic nitrogens is 1. The lowest BCUT2D eigenvalue weighted by molar-refractivity contribution is 0.426. The standard InChI is InChI=1S/C6H5ClFNO/c7-1-4-2-9-3-5(10)6(4)8/h2-3,10H,1H2. The highest BCUT2D eigenvalue weighted by molar-refractivity contribution is 6.17. The Balaban J connectivity index is 3.14. The average Bonchev–Trinajstić information content (AvgIpc) is 1.95. The first-order valence-corrected chi connectivity index (χ1v) is 3.16. The number of hydrogen-bond acceptors (Lipinski definition) is 2. The lowest BCUT2D eigenvalue weighted by atomic mass is 10.3. The van der Waals surface area contributed by atoms with Gasteiger partial charge >= 0.3 is 0 Å². The van der Waals surface area contributed by atoms with Gasteiger partial charge in [-0.1, -0.05) is 0 Å². The Hall–Kier alpha value is -0.830. The van der Waals surface area contributed by atoms with Gasteiger partial charge in [-0.15, -0.1) is 11.6 Å². The molecule has 1 aromatic rings. The lowest BCUT2D eigenvalue weighted by Gasteiger charge is -1.97. The molecule has 0 aliphatic carbocycles. The molecule has 2 nitrogen and oxygen atoms in total. The maximum absolute atomic E-state index is 12.6. The van der Waals surface area contributed by atoms with E-state index < -0.39 is 11.6 Å². The van der Waals surface area contributed by atoms with E-state index in [-0.39, 0.29) is 11.4 Å². The van der Waals surface area contributed by atoms with Crippen molar-refractivity contribution in [3.63, 3.8) is 0 Å². The first-order valence-electron chi connectivity index (χ1n) is 2.63. The molecule has 0 spiro atoms. The van der Waals surface area contributed by atoms with Gasteiger partial charge in [0.2, 0.25) is 0 Å². The molecule has 1 heterocycles. The summed E-state index contributed by atoms with van der Waals surface area (Å²) in [6, 6.07) is 0. The van der Waals surface area contributed by atoms with Crippen LogP contribution in [0.1, 0.15) is 5.56 Å². The van der Waals surface area contributed by atoms with Gasteiger partial charge in [-0.3, -0.25) is 4.98 Å². The highest BCUT2D eigenvalue weighted by Gasteiger charge is 2.04. The molecule has 0 atom stereocenters. The Bertz CT molecular complexity index is 241. The van der Waals surface area contributed by atoms with Crippen molar-refractivity contribution in [3.8, 4) is 5.75 Å². The Morgan fingerprint density at radius 1 is 1.60 bits per heavy atom. The molecule has 54 valence electrons. The summed E-state index contributed by atoms with van der Waals surface area (Å²) >= 11 is 5.31. The van der Waals surface area contributed by atoms with E-state index in [1.165, 1.54) is 6.20 Å². The van der Waals surface area contributed by atoms with Gasteiger partial charge in [0.25, 0.3) is 0 Å². The molecule has 0 saturated carbocycles. The minimum atomic E-state index is -0.690. The smallest absolute Gasteiger partial charge is 0.172 e. The van der Waals surface area contributed by atoms with Gasteiger partial charge in [0.15, 0.2) is 11.6 Å². The minimum Gasteiger partial charge on any atom is -0.504 e. The van der Waals surface area contributed by atoms with Crippen molar-refractivity contribution in [2.24, 2.45) is 0 Å². The Labute approximate surface area is 62.3 Å². The minimum absolute atomic E-state index is 0.0211. The summed E-state index contributed by atoms with van der Waals surface area (Å²) in [4.78, 5) is 3.54. The molecule has 0 amide bonds. The fourth-order valence-electron chi connectivity index (χ4n) is 0.569. The van der Waals surface area contributed by atoms with E-state index >= 15 is 0 Å². The van der Waals surface area contributed by atoms with E-state index in [2.05, 4.69) is 4.98 Å². The molecule has 0 radical (unpaired) electrons. The SMILES string of the molecule is Oc1cncc(CCl)c1F. The van der Waals surface area contributed by atoms with Crippen LogP contribution >= 0.6 is 11.6 Å². The van der Waals surface area contributed by atoms with Crippen LogP contribution in [0.3, 0.4) is 0 Å². The number of pyridine rings is 1. The molecule has 0 aromatic carbocycles. The zero-order valence-corrected chi connectivity index (χ0v) is 5.77. The molecule has 0 aliphatic rings. The Morgan fingerprint density at radius 2 is 2.30 bits per heavy atom. The second-order valence-electron chi connectivity index (χ2n) is 1.77. The van der Waals surface area contributed by atoms with Crippen LogP contribution in [0.5, 0.6) is 5.75 Å². The molecule has 4 heteroatoms. The molecule has 0 saturated heterocycles. The van der Waals surface area contributed by atoms with Crippen LogP contribution in [0.2, 0.25) is 0 Å². The summed E-state index contributed by atoms with van der Waals surface area (Å²) in [6.45, 7) is 0. The molecule has 1 N–H and O–H groups in total. The van der Waals surface area contributed by atoms with E-state index in [1.807, 2.05) is 0 Å². The number of aromatic hydroxyl groups is 1. The van der Waals surface area contributed by atoms with E-state index in [9.17, 15) is 4.39 Å². The van der Waals surface area contributed by atoms with Gasteiger partial charge in [0.05, 0.1) is 12.1 Å². The maximum atomic E-state index is 12.6. The third-order valence-corrected chi connectivity index (χ3v) is 1.37. The largest absolute Gasteiger partial charge is 0.504 e. The van der Waals surface area contributed by atoms with Crippen molar-refractivity contribution in [1.82, 2.24) is 4.98 Å². The second kappa shape index (κ2) is 2.84. The molecule has 1 rings (SSSR count). The van der Waals surface area contributed by atoms with Crippen LogP contribution in [0, 0.1) is 5.82 Å². The molecule has 1 aromatic heterocycles. The fourth-order valence-corrected chi connectivity index (χ4v) is 0.755. The van der Waals surface area contributed by atoms with E-state index in [4.69, 9.17) is 16.7 Å². The highest BCUT2D eigenvalue weighted by Crippen LogP contribution is 2.17. The first kappa shape index (κ1) is 7.28. The Morgan fingerprint density at radius 3 is 2.80 bits per heavy atom. The van der Waals surface area contributed by atoms with Crippen LogP contribution in [-0.4, -0.2) is 10.1 Å². The molecule has 0 unspecified atom stereocenters. The summed E-state index contributed by atoms with van der Waals surface area (Å²) < 4.78 is 12.6. The third-order valence-electron chi connectivity index (χ3n) is 1.08. The number of alkyl halides is 1. The van der Waals surface area contributed by atoms with Crippen LogP contribution in [0.25, 0.3) is 0 Å². The third kappa shape index (κ3) is 1.19. The average molecular weight is 162 g/mol. The second-order valence-corrected chi connectivity index (χ2v) is 2.03. The van der Waals surface area contributed by atoms with Crippen molar-refractivity contribution in [2.75, 3.05) is 0 Å². The Kier molecular flexibility index (Phi) is 2.06. The van der Waals surface area contributed by atoms with Crippen LogP contribution < -0.4 is 0 Å². The van der Waals surface area contributed by atoms with Gasteiger partial charge in [0.1, 0.15) is 0 Å². The van der Waals surface area contributed by atoms with Crippen LogP contribution in [0.4, 0.5) is 4.39 Å². The predicted molar refractivity (Wildman–Crippen MR) is 35.4 cm³/mol. The van der Waals surface area contributed by atoms with E-state index in [0.717, 1.165) is 6.20 Å². The number of halogens is 2. The summed E-state index contributed by atoms with van der Waals surface area (Å²) in [5.74, 6) is -1.13. The number of nitrogens with zero attached hydrogens (tertiary/aromatic N) is 1. The first-order chi connectivity index (χ1) is 4.75. The van der Waals surface area contributed by atoms with E-state index in [1.54, 1.807) is 0 Å². The van der Waals surface area contributed by atoms with Gasteiger partial charge in [0, 0.05) is 11.8 Å². The number of rotatable bonds is 1. The van der Waals surface area contributed by atoms with Crippen molar-refractivity contribution >= 4 is 11.6 Å². The predicted octanol–water partition coefficient (Wildman–Crippen LogP) is 1.67. The quantitative estimate of drug-likeness (QED) is 0.636. The summed E-state index contributed by atoms with van der Waals surface area (Å²) in [5.41, 5.74) is 0.210. The van der Waals surface area contributed by atoms with Gasteiger partial charge < -0.3 is 5.11 Å². The lowest BCUT2D eigenvalue weighted by Crippen LogP contribution is -1.87. The van der Waals surface area contributed by atoms with Crippen molar-refractivity contribution < 1.29 is 9.50 Å². The molecule has 0 fully saturated rings. The zero-order valence-electron chi connectivity index (χ0n) is 5.01. The van der Waals surface area contributed by atoms with Gasteiger partial charge in [-0.25, -0.2) is 4.39 Å². The van der Waals surface area contributed by atoms with Crippen molar-refractivity contribution in [2.45, 2.75) is 5.88 Å². The van der Waals surface area contributed by atoms with Crippen LogP contribution in [0.15, 0.2) is 12.4 Å². The fraction of sp³-hybridized carbons (Fsp3) is 0.167. The van der Waals surface area contributed by atoms with Gasteiger partial charge in [-0.05, 0) is 0 Å². The topological polar surface area (TPSA) is 33.1 Å². The normalized spacial score (nSPS) is 9.80. The summed E-state index contributed by atoms with van der Waals surface area (Å²) in [7, 11) is 0. The highest BCUT2D eigenvalue weighted by atomic mass is 35.5.